The quantitative estimate of drug-likeness (QED) is 0.184. The van der Waals surface area contributed by atoms with E-state index in [1.165, 1.54) is 37.4 Å². The van der Waals surface area contributed by atoms with Gasteiger partial charge in [0.2, 0.25) is 6.29 Å². The van der Waals surface area contributed by atoms with Gasteiger partial charge < -0.3 is 49.7 Å². The Morgan fingerprint density at radius 2 is 1.86 bits per heavy atom. The largest absolute Gasteiger partial charge is 0.508 e. The van der Waals surface area contributed by atoms with Crippen LogP contribution in [0.5, 0.6) is 17.2 Å². The highest BCUT2D eigenvalue weighted by molar-refractivity contribution is 6.06. The fourth-order valence-electron chi connectivity index (χ4n) is 5.06. The maximum Gasteiger partial charge on any atom is 0.404 e. The first-order valence-corrected chi connectivity index (χ1v) is 13.7. The molecule has 2 heterocycles. The van der Waals surface area contributed by atoms with Gasteiger partial charge in [-0.2, -0.15) is 0 Å². The zero-order chi connectivity index (χ0) is 32.5. The van der Waals surface area contributed by atoms with Crippen molar-refractivity contribution in [3.63, 3.8) is 0 Å². The number of hydrogen-bond donors (Lipinski definition) is 5. The summed E-state index contributed by atoms with van der Waals surface area (Å²) in [5.41, 5.74) is 4.54. The lowest BCUT2D eigenvalue weighted by Crippen LogP contribution is -2.65. The molecule has 3 aromatic rings. The highest BCUT2D eigenvalue weighted by Gasteiger charge is 2.53. The van der Waals surface area contributed by atoms with Crippen LogP contribution in [0.25, 0.3) is 11.0 Å². The molecule has 1 saturated heterocycles. The molecule has 236 valence electrons. The number of allylic oxidation sites excluding steroid dienone is 2. The van der Waals surface area contributed by atoms with Crippen LogP contribution >= 0.6 is 0 Å². The number of phenols is 1. The number of methoxy groups -OCH3 is 1. The van der Waals surface area contributed by atoms with Crippen LogP contribution in [0.1, 0.15) is 49.2 Å². The van der Waals surface area contributed by atoms with Gasteiger partial charge in [-0.05, 0) is 76.9 Å². The summed E-state index contributed by atoms with van der Waals surface area (Å²) in [5.74, 6) is -1.09. The Morgan fingerprint density at radius 1 is 1.16 bits per heavy atom. The second-order valence-corrected chi connectivity index (χ2v) is 11.2. The van der Waals surface area contributed by atoms with Gasteiger partial charge in [0.15, 0.2) is 23.6 Å². The number of amides is 2. The van der Waals surface area contributed by atoms with Gasteiger partial charge in [0, 0.05) is 18.2 Å². The van der Waals surface area contributed by atoms with Crippen LogP contribution in [0.2, 0.25) is 0 Å². The van der Waals surface area contributed by atoms with Crippen LogP contribution in [-0.4, -0.2) is 64.6 Å². The van der Waals surface area contributed by atoms with E-state index >= 15 is 0 Å². The number of aliphatic hydroxyl groups excluding tert-OH is 1. The minimum atomic E-state index is -1.52. The van der Waals surface area contributed by atoms with Crippen LogP contribution in [0.15, 0.2) is 51.2 Å². The Balaban J connectivity index is 1.63. The number of phenolic OH excluding ortho intramolecular Hbond substituents is 1. The first-order chi connectivity index (χ1) is 20.6. The van der Waals surface area contributed by atoms with E-state index in [0.29, 0.717) is 12.0 Å². The SMILES string of the molecule is COC1C(OC(N)=O)C(O)[C@H](Oc2ccc3c(O)c(NC(=O)c4ccc(O)c(CC=C(C)C)c4)c(=O)oc3c2C)OC1(C)C. The number of rotatable bonds is 8. The van der Waals surface area contributed by atoms with Gasteiger partial charge in [0.05, 0.1) is 11.0 Å². The third kappa shape index (κ3) is 6.49. The van der Waals surface area contributed by atoms with E-state index in [9.17, 15) is 29.7 Å². The van der Waals surface area contributed by atoms with E-state index in [4.69, 9.17) is 29.1 Å². The average molecular weight is 613 g/mol. The van der Waals surface area contributed by atoms with E-state index in [2.05, 4.69) is 5.32 Å². The van der Waals surface area contributed by atoms with E-state index in [-0.39, 0.29) is 33.6 Å². The third-order valence-corrected chi connectivity index (χ3v) is 7.33. The average Bonchev–Trinajstić information content (AvgIpc) is 2.94. The van der Waals surface area contributed by atoms with Crippen molar-refractivity contribution >= 4 is 28.7 Å². The topological polar surface area (TPSA) is 200 Å². The Hall–Kier alpha value is -4.59. The molecule has 4 atom stereocenters. The summed E-state index contributed by atoms with van der Waals surface area (Å²) in [6.45, 7) is 8.69. The number of hydrogen-bond acceptors (Lipinski definition) is 11. The molecule has 1 aliphatic rings. The predicted molar refractivity (Wildman–Crippen MR) is 159 cm³/mol. The normalized spacial score (nSPS) is 21.0. The number of benzene rings is 2. The molecule has 3 unspecified atom stereocenters. The molecule has 13 heteroatoms. The van der Waals surface area contributed by atoms with E-state index < -0.39 is 59.3 Å². The molecule has 1 aromatic heterocycles. The lowest BCUT2D eigenvalue weighted by Gasteiger charge is -2.47. The fourth-order valence-corrected chi connectivity index (χ4v) is 5.06. The molecule has 2 aromatic carbocycles. The number of fused-ring (bicyclic) bond motifs is 1. The van der Waals surface area contributed by atoms with Crippen LogP contribution in [0, 0.1) is 6.92 Å². The van der Waals surface area contributed by atoms with Crippen LogP contribution in [-0.2, 0) is 20.6 Å². The third-order valence-electron chi connectivity index (χ3n) is 7.33. The summed E-state index contributed by atoms with van der Waals surface area (Å²) < 4.78 is 27.9. The molecule has 2 amide bonds. The molecule has 0 saturated carbocycles. The molecule has 0 radical (unpaired) electrons. The zero-order valence-corrected chi connectivity index (χ0v) is 25.2. The molecule has 1 aliphatic heterocycles. The predicted octanol–water partition coefficient (Wildman–Crippen LogP) is 3.63. The summed E-state index contributed by atoms with van der Waals surface area (Å²) in [6, 6.07) is 7.12. The number of anilines is 1. The number of aryl methyl sites for hydroxylation is 1. The van der Waals surface area contributed by atoms with Crippen molar-refractivity contribution < 1.29 is 48.3 Å². The summed E-state index contributed by atoms with van der Waals surface area (Å²) >= 11 is 0. The van der Waals surface area contributed by atoms with Crippen molar-refractivity contribution in [1.82, 2.24) is 0 Å². The summed E-state index contributed by atoms with van der Waals surface area (Å²) in [6.07, 6.45) is -3.81. The number of carbonyl (C=O) groups excluding carboxylic acids is 2. The molecule has 13 nitrogen and oxygen atoms in total. The molecule has 4 rings (SSSR count). The van der Waals surface area contributed by atoms with Gasteiger partial charge in [-0.25, -0.2) is 9.59 Å². The number of primary amides is 1. The van der Waals surface area contributed by atoms with Crippen molar-refractivity contribution in [2.75, 3.05) is 12.4 Å². The number of aromatic hydroxyl groups is 2. The number of ether oxygens (including phenoxy) is 4. The molecule has 1 fully saturated rings. The lowest BCUT2D eigenvalue weighted by atomic mass is 9.89. The number of carbonyl (C=O) groups is 2. The highest BCUT2D eigenvalue weighted by atomic mass is 16.7. The van der Waals surface area contributed by atoms with E-state index in [1.807, 2.05) is 19.9 Å². The summed E-state index contributed by atoms with van der Waals surface area (Å²) in [5, 5.41) is 34.6. The van der Waals surface area contributed by atoms with Gasteiger partial charge in [0.25, 0.3) is 5.91 Å². The molecular weight excluding hydrogens is 576 g/mol. The Bertz CT molecular complexity index is 1670. The Morgan fingerprint density at radius 3 is 2.50 bits per heavy atom. The Labute approximate surface area is 252 Å². The lowest BCUT2D eigenvalue weighted by molar-refractivity contribution is -0.304. The van der Waals surface area contributed by atoms with Crippen molar-refractivity contribution in [1.29, 1.82) is 0 Å². The second kappa shape index (κ2) is 12.6. The number of nitrogens with one attached hydrogen (secondary N) is 1. The fraction of sp³-hybridized carbons (Fsp3) is 0.387. The van der Waals surface area contributed by atoms with Crippen molar-refractivity contribution in [2.24, 2.45) is 5.73 Å². The maximum atomic E-state index is 13.0. The van der Waals surface area contributed by atoms with Gasteiger partial charge in [-0.1, -0.05) is 11.6 Å². The molecule has 0 bridgehead atoms. The van der Waals surface area contributed by atoms with E-state index in [1.54, 1.807) is 20.8 Å². The summed E-state index contributed by atoms with van der Waals surface area (Å²) in [7, 11) is 1.37. The summed E-state index contributed by atoms with van der Waals surface area (Å²) in [4.78, 5) is 37.5. The molecule has 0 aliphatic carbocycles. The Kier molecular flexibility index (Phi) is 9.23. The van der Waals surface area contributed by atoms with Crippen molar-refractivity contribution in [2.45, 2.75) is 71.2 Å². The standard InChI is InChI=1S/C31H36N2O11/c1-14(2)7-8-16-13-17(9-11-19(16)34)27(37)33-21-22(35)18-10-12-20(15(3)24(18)42-28(21)38)41-29-23(36)25(43-30(32)39)26(40-6)31(4,5)44-29/h7,9-13,23,25-26,29,34-36H,8H2,1-6H3,(H2,32,39)(H,33,37)/t23?,25?,26?,29-/m1/s1. The van der Waals surface area contributed by atoms with Crippen LogP contribution in [0.3, 0.4) is 0 Å². The monoisotopic (exact) mass is 612 g/mol. The van der Waals surface area contributed by atoms with Crippen molar-refractivity contribution in [3.8, 4) is 17.2 Å². The van der Waals surface area contributed by atoms with E-state index in [0.717, 1.165) is 5.57 Å². The first kappa shape index (κ1) is 32.3. The van der Waals surface area contributed by atoms with Gasteiger partial charge in [0.1, 0.15) is 23.2 Å². The van der Waals surface area contributed by atoms with Crippen molar-refractivity contribution in [3.05, 3.63) is 69.1 Å². The minimum absolute atomic E-state index is 0.0183. The van der Waals surface area contributed by atoms with Gasteiger partial charge in [-0.15, -0.1) is 0 Å². The van der Waals surface area contributed by atoms with Crippen LogP contribution in [0.4, 0.5) is 10.5 Å². The van der Waals surface area contributed by atoms with Gasteiger partial charge >= 0.3 is 11.7 Å². The zero-order valence-electron chi connectivity index (χ0n) is 25.2. The number of aliphatic hydroxyl groups is 1. The molecular formula is C31H36N2O11. The minimum Gasteiger partial charge on any atom is -0.508 e. The smallest absolute Gasteiger partial charge is 0.404 e. The first-order valence-electron chi connectivity index (χ1n) is 13.7. The molecule has 44 heavy (non-hydrogen) atoms. The van der Waals surface area contributed by atoms with Gasteiger partial charge in [-0.3, -0.25) is 4.79 Å². The number of nitrogens with two attached hydrogens (primary N) is 1. The second-order valence-electron chi connectivity index (χ2n) is 11.2. The molecule has 0 spiro atoms. The molecule has 6 N–H and O–H groups in total. The van der Waals surface area contributed by atoms with Crippen LogP contribution < -0.4 is 21.4 Å². The highest BCUT2D eigenvalue weighted by Crippen LogP contribution is 2.38. The maximum absolute atomic E-state index is 13.0.